The molecule has 1 aliphatic heterocycles. The molecule has 2 unspecified atom stereocenters. The van der Waals surface area contributed by atoms with Gasteiger partial charge >= 0.3 is 0 Å². The van der Waals surface area contributed by atoms with Gasteiger partial charge in [0.25, 0.3) is 0 Å². The lowest BCUT2D eigenvalue weighted by Gasteiger charge is -2.39. The molecule has 0 spiro atoms. The van der Waals surface area contributed by atoms with Crippen molar-refractivity contribution in [1.29, 1.82) is 0 Å². The van der Waals surface area contributed by atoms with E-state index in [1.54, 1.807) is 0 Å². The van der Waals surface area contributed by atoms with Gasteiger partial charge < -0.3 is 9.80 Å². The molecule has 94 valence electrons. The predicted octanol–water partition coefficient (Wildman–Crippen LogP) is 0.420. The van der Waals surface area contributed by atoms with Crippen molar-refractivity contribution in [3.8, 4) is 0 Å². The van der Waals surface area contributed by atoms with Crippen LogP contribution >= 0.6 is 0 Å². The molecule has 1 aliphatic rings. The van der Waals surface area contributed by atoms with Crippen molar-refractivity contribution in [2.75, 3.05) is 33.7 Å². The highest BCUT2D eigenvalue weighted by Crippen LogP contribution is 2.14. The number of hydrogen-bond donors (Lipinski definition) is 2. The summed E-state index contributed by atoms with van der Waals surface area (Å²) in [7, 11) is 4.40. The van der Waals surface area contributed by atoms with Crippen molar-refractivity contribution in [2.45, 2.75) is 31.3 Å². The average molecular weight is 226 g/mol. The SMILES string of the molecule is C=CCCC(CC1CN(C)CCN1C)NN. The minimum atomic E-state index is 0.400. The number of piperazine rings is 1. The van der Waals surface area contributed by atoms with Gasteiger partial charge in [-0.25, -0.2) is 0 Å². The molecule has 2 atom stereocenters. The number of rotatable bonds is 6. The summed E-state index contributed by atoms with van der Waals surface area (Å²) in [5.74, 6) is 5.59. The van der Waals surface area contributed by atoms with E-state index in [1.165, 1.54) is 6.54 Å². The molecule has 0 aromatic rings. The van der Waals surface area contributed by atoms with Crippen LogP contribution in [0.4, 0.5) is 0 Å². The molecule has 16 heavy (non-hydrogen) atoms. The van der Waals surface area contributed by atoms with Crippen molar-refractivity contribution < 1.29 is 0 Å². The van der Waals surface area contributed by atoms with E-state index < -0.39 is 0 Å². The second kappa shape index (κ2) is 7.01. The zero-order chi connectivity index (χ0) is 12.0. The Labute approximate surface area is 99.4 Å². The van der Waals surface area contributed by atoms with E-state index in [-0.39, 0.29) is 0 Å². The Hall–Kier alpha value is -0.420. The van der Waals surface area contributed by atoms with Crippen molar-refractivity contribution >= 4 is 0 Å². The van der Waals surface area contributed by atoms with Crippen LogP contribution in [0.2, 0.25) is 0 Å². The molecule has 0 aromatic carbocycles. The first-order chi connectivity index (χ1) is 7.67. The number of hydrazine groups is 1. The maximum absolute atomic E-state index is 5.59. The number of allylic oxidation sites excluding steroid dienone is 1. The maximum Gasteiger partial charge on any atom is 0.0235 e. The van der Waals surface area contributed by atoms with E-state index in [1.807, 2.05) is 6.08 Å². The van der Waals surface area contributed by atoms with Crippen molar-refractivity contribution in [3.05, 3.63) is 12.7 Å². The number of likely N-dealkylation sites (N-methyl/N-ethyl adjacent to an activating group) is 2. The normalized spacial score (nSPS) is 25.6. The number of nitrogens with one attached hydrogen (secondary N) is 1. The van der Waals surface area contributed by atoms with Gasteiger partial charge in [-0.15, -0.1) is 6.58 Å². The lowest BCUT2D eigenvalue weighted by Crippen LogP contribution is -2.52. The molecular formula is C12H26N4. The Morgan fingerprint density at radius 3 is 2.88 bits per heavy atom. The van der Waals surface area contributed by atoms with Crippen LogP contribution in [-0.4, -0.2) is 55.6 Å². The summed E-state index contributed by atoms with van der Waals surface area (Å²) in [4.78, 5) is 4.84. The van der Waals surface area contributed by atoms with Gasteiger partial charge in [-0.3, -0.25) is 11.3 Å². The van der Waals surface area contributed by atoms with Gasteiger partial charge in [-0.2, -0.15) is 0 Å². The van der Waals surface area contributed by atoms with E-state index in [0.717, 1.165) is 32.4 Å². The highest BCUT2D eigenvalue weighted by molar-refractivity contribution is 4.83. The highest BCUT2D eigenvalue weighted by Gasteiger charge is 2.24. The largest absolute Gasteiger partial charge is 0.304 e. The van der Waals surface area contributed by atoms with Gasteiger partial charge in [-0.05, 0) is 33.4 Å². The van der Waals surface area contributed by atoms with Crippen LogP contribution in [0.15, 0.2) is 12.7 Å². The van der Waals surface area contributed by atoms with Gasteiger partial charge in [-0.1, -0.05) is 6.08 Å². The first-order valence-corrected chi connectivity index (χ1v) is 6.13. The predicted molar refractivity (Wildman–Crippen MR) is 69.1 cm³/mol. The summed E-state index contributed by atoms with van der Waals surface area (Å²) in [6, 6.07) is 1.02. The van der Waals surface area contributed by atoms with Gasteiger partial charge in [0.15, 0.2) is 0 Å². The standard InChI is InChI=1S/C12H26N4/c1-4-5-6-11(14-13)9-12-10-15(2)7-8-16(12)3/h4,11-12,14H,1,5-10,13H2,2-3H3. The number of nitrogens with two attached hydrogens (primary N) is 1. The summed E-state index contributed by atoms with van der Waals surface area (Å²) in [6.45, 7) is 7.21. The van der Waals surface area contributed by atoms with Crippen LogP contribution in [0, 0.1) is 0 Å². The molecule has 1 fully saturated rings. The molecule has 1 heterocycles. The van der Waals surface area contributed by atoms with Crippen LogP contribution in [0.3, 0.4) is 0 Å². The van der Waals surface area contributed by atoms with E-state index in [4.69, 9.17) is 5.84 Å². The minimum Gasteiger partial charge on any atom is -0.304 e. The molecule has 1 saturated heterocycles. The molecule has 0 bridgehead atoms. The fourth-order valence-corrected chi connectivity index (χ4v) is 2.27. The molecular weight excluding hydrogens is 200 g/mol. The van der Waals surface area contributed by atoms with E-state index >= 15 is 0 Å². The number of nitrogens with zero attached hydrogens (tertiary/aromatic N) is 2. The third kappa shape index (κ3) is 4.22. The molecule has 3 N–H and O–H groups in total. The average Bonchev–Trinajstić information content (AvgIpc) is 2.28. The Kier molecular flexibility index (Phi) is 5.98. The van der Waals surface area contributed by atoms with Crippen LogP contribution in [0.25, 0.3) is 0 Å². The summed E-state index contributed by atoms with van der Waals surface area (Å²) >= 11 is 0. The fraction of sp³-hybridized carbons (Fsp3) is 0.833. The topological polar surface area (TPSA) is 44.5 Å². The highest BCUT2D eigenvalue weighted by atomic mass is 15.3. The van der Waals surface area contributed by atoms with Gasteiger partial charge in [0.1, 0.15) is 0 Å². The van der Waals surface area contributed by atoms with E-state index in [2.05, 4.69) is 35.9 Å². The van der Waals surface area contributed by atoms with Crippen LogP contribution < -0.4 is 11.3 Å². The maximum atomic E-state index is 5.59. The van der Waals surface area contributed by atoms with Crippen molar-refractivity contribution in [1.82, 2.24) is 15.2 Å². The lowest BCUT2D eigenvalue weighted by molar-refractivity contribution is 0.100. The minimum absolute atomic E-state index is 0.400. The fourth-order valence-electron chi connectivity index (χ4n) is 2.27. The third-order valence-electron chi connectivity index (χ3n) is 3.49. The monoisotopic (exact) mass is 226 g/mol. The van der Waals surface area contributed by atoms with Crippen molar-refractivity contribution in [3.63, 3.8) is 0 Å². The first-order valence-electron chi connectivity index (χ1n) is 6.13. The molecule has 0 saturated carbocycles. The molecule has 0 aromatic heterocycles. The Morgan fingerprint density at radius 1 is 1.50 bits per heavy atom. The molecule has 0 aliphatic carbocycles. The number of hydrogen-bond acceptors (Lipinski definition) is 4. The smallest absolute Gasteiger partial charge is 0.0235 e. The van der Waals surface area contributed by atoms with Crippen molar-refractivity contribution in [2.24, 2.45) is 5.84 Å². The third-order valence-corrected chi connectivity index (χ3v) is 3.49. The van der Waals surface area contributed by atoms with Crippen LogP contribution in [-0.2, 0) is 0 Å². The lowest BCUT2D eigenvalue weighted by atomic mass is 10.0. The van der Waals surface area contributed by atoms with Gasteiger partial charge in [0.05, 0.1) is 0 Å². The zero-order valence-corrected chi connectivity index (χ0v) is 10.7. The Balaban J connectivity index is 2.39. The Morgan fingerprint density at radius 2 is 2.25 bits per heavy atom. The summed E-state index contributed by atoms with van der Waals surface area (Å²) < 4.78 is 0. The molecule has 0 amide bonds. The van der Waals surface area contributed by atoms with Crippen LogP contribution in [0.1, 0.15) is 19.3 Å². The van der Waals surface area contributed by atoms with Gasteiger partial charge in [0, 0.05) is 31.7 Å². The zero-order valence-electron chi connectivity index (χ0n) is 10.7. The van der Waals surface area contributed by atoms with Gasteiger partial charge in [0.2, 0.25) is 0 Å². The van der Waals surface area contributed by atoms with Crippen LogP contribution in [0.5, 0.6) is 0 Å². The molecule has 0 radical (unpaired) electrons. The van der Waals surface area contributed by atoms with E-state index in [9.17, 15) is 0 Å². The summed E-state index contributed by atoms with van der Waals surface area (Å²) in [6.07, 6.45) is 5.18. The molecule has 4 nitrogen and oxygen atoms in total. The van der Waals surface area contributed by atoms with E-state index in [0.29, 0.717) is 12.1 Å². The second-order valence-corrected chi connectivity index (χ2v) is 4.86. The summed E-state index contributed by atoms with van der Waals surface area (Å²) in [5.41, 5.74) is 2.93. The second-order valence-electron chi connectivity index (χ2n) is 4.86. The quantitative estimate of drug-likeness (QED) is 0.391. The first kappa shape index (κ1) is 13.6. The molecule has 4 heteroatoms. The summed E-state index contributed by atoms with van der Waals surface area (Å²) in [5, 5.41) is 0. The Bertz CT molecular complexity index is 207. The molecule has 1 rings (SSSR count).